The van der Waals surface area contributed by atoms with Crippen LogP contribution in [0.15, 0.2) is 5.51 Å². The Kier molecular flexibility index (Phi) is 5.42. The van der Waals surface area contributed by atoms with Crippen molar-refractivity contribution in [2.24, 2.45) is 11.7 Å². The normalized spacial score (nSPS) is 12.4. The Morgan fingerprint density at radius 3 is 3.00 bits per heavy atom. The Morgan fingerprint density at radius 2 is 2.44 bits per heavy atom. The van der Waals surface area contributed by atoms with Gasteiger partial charge in [-0.15, -0.1) is 11.3 Å². The number of carbonyl (C=O) groups excluding carboxylic acids is 1. The Labute approximate surface area is 100 Å². The standard InChI is InChI=1S/C11H19N3OS/c1-8(5-12)3-4-11(15)13-6-10-9(2)14-7-16-10/h7-8H,3-6,12H2,1-2H3,(H,13,15). The fourth-order valence-corrected chi connectivity index (χ4v) is 1.98. The summed E-state index contributed by atoms with van der Waals surface area (Å²) in [6.45, 7) is 5.24. The second-order valence-electron chi connectivity index (χ2n) is 4.02. The maximum Gasteiger partial charge on any atom is 0.220 e. The molecule has 1 unspecified atom stereocenters. The molecular formula is C11H19N3OS. The molecule has 0 aromatic carbocycles. The van der Waals surface area contributed by atoms with Crippen LogP contribution in [0, 0.1) is 12.8 Å². The molecular weight excluding hydrogens is 222 g/mol. The summed E-state index contributed by atoms with van der Waals surface area (Å²) in [6.07, 6.45) is 1.40. The van der Waals surface area contributed by atoms with E-state index in [1.807, 2.05) is 6.92 Å². The number of thiazole rings is 1. The lowest BCUT2D eigenvalue weighted by Crippen LogP contribution is -2.23. The lowest BCUT2D eigenvalue weighted by atomic mass is 10.1. The minimum absolute atomic E-state index is 0.0908. The first kappa shape index (κ1) is 13.1. The molecule has 0 bridgehead atoms. The molecule has 1 amide bonds. The fraction of sp³-hybridized carbons (Fsp3) is 0.636. The van der Waals surface area contributed by atoms with Gasteiger partial charge in [0.05, 0.1) is 17.7 Å². The summed E-state index contributed by atoms with van der Waals surface area (Å²) in [5, 5.41) is 2.90. The van der Waals surface area contributed by atoms with Gasteiger partial charge in [0.15, 0.2) is 0 Å². The van der Waals surface area contributed by atoms with Crippen molar-refractivity contribution in [1.82, 2.24) is 10.3 Å². The molecule has 0 radical (unpaired) electrons. The smallest absolute Gasteiger partial charge is 0.220 e. The number of nitrogens with one attached hydrogen (secondary N) is 1. The highest BCUT2D eigenvalue weighted by molar-refractivity contribution is 7.09. The van der Waals surface area contributed by atoms with Gasteiger partial charge < -0.3 is 11.1 Å². The molecule has 0 saturated heterocycles. The van der Waals surface area contributed by atoms with Crippen LogP contribution in [0.2, 0.25) is 0 Å². The average Bonchev–Trinajstić information content (AvgIpc) is 2.69. The third-order valence-corrected chi connectivity index (χ3v) is 3.49. The molecule has 1 heterocycles. The van der Waals surface area contributed by atoms with Gasteiger partial charge in [-0.2, -0.15) is 0 Å². The molecule has 0 aliphatic rings. The number of rotatable bonds is 6. The number of nitrogens with zero attached hydrogens (tertiary/aromatic N) is 1. The van der Waals surface area contributed by atoms with Crippen LogP contribution in [0.1, 0.15) is 30.3 Å². The van der Waals surface area contributed by atoms with Gasteiger partial charge in [0, 0.05) is 11.3 Å². The van der Waals surface area contributed by atoms with Crippen molar-refractivity contribution in [1.29, 1.82) is 0 Å². The zero-order valence-electron chi connectivity index (χ0n) is 9.82. The molecule has 0 spiro atoms. The summed E-state index contributed by atoms with van der Waals surface area (Å²) in [5.74, 6) is 0.504. The van der Waals surface area contributed by atoms with E-state index in [9.17, 15) is 4.79 Å². The van der Waals surface area contributed by atoms with Crippen molar-refractivity contribution in [2.45, 2.75) is 33.2 Å². The molecule has 0 aliphatic heterocycles. The molecule has 5 heteroatoms. The van der Waals surface area contributed by atoms with Gasteiger partial charge >= 0.3 is 0 Å². The third-order valence-electron chi connectivity index (χ3n) is 2.56. The van der Waals surface area contributed by atoms with E-state index in [2.05, 4.69) is 17.2 Å². The van der Waals surface area contributed by atoms with Crippen LogP contribution in [0.25, 0.3) is 0 Å². The second-order valence-corrected chi connectivity index (χ2v) is 4.96. The first-order valence-corrected chi connectivity index (χ1v) is 6.37. The first-order valence-electron chi connectivity index (χ1n) is 5.49. The van der Waals surface area contributed by atoms with Crippen LogP contribution in [-0.2, 0) is 11.3 Å². The number of nitrogens with two attached hydrogens (primary N) is 1. The number of hydrogen-bond donors (Lipinski definition) is 2. The lowest BCUT2D eigenvalue weighted by molar-refractivity contribution is -0.121. The highest BCUT2D eigenvalue weighted by Gasteiger charge is 2.07. The molecule has 0 fully saturated rings. The fourth-order valence-electron chi connectivity index (χ4n) is 1.26. The van der Waals surface area contributed by atoms with Gasteiger partial charge in [0.1, 0.15) is 0 Å². The van der Waals surface area contributed by atoms with Gasteiger partial charge in [-0.3, -0.25) is 4.79 Å². The number of amides is 1. The van der Waals surface area contributed by atoms with E-state index in [-0.39, 0.29) is 5.91 Å². The molecule has 0 aliphatic carbocycles. The summed E-state index contributed by atoms with van der Waals surface area (Å²) in [4.78, 5) is 16.8. The van der Waals surface area contributed by atoms with Crippen LogP contribution in [0.5, 0.6) is 0 Å². The highest BCUT2D eigenvalue weighted by Crippen LogP contribution is 2.11. The zero-order chi connectivity index (χ0) is 12.0. The van der Waals surface area contributed by atoms with Crippen molar-refractivity contribution >= 4 is 17.2 Å². The minimum Gasteiger partial charge on any atom is -0.351 e. The maximum atomic E-state index is 11.5. The van der Waals surface area contributed by atoms with Crippen molar-refractivity contribution in [3.8, 4) is 0 Å². The van der Waals surface area contributed by atoms with Gasteiger partial charge in [0.2, 0.25) is 5.91 Å². The summed E-state index contributed by atoms with van der Waals surface area (Å²) >= 11 is 1.57. The molecule has 1 rings (SSSR count). The molecule has 3 N–H and O–H groups in total. The highest BCUT2D eigenvalue weighted by atomic mass is 32.1. The van der Waals surface area contributed by atoms with Gasteiger partial charge in [0.25, 0.3) is 0 Å². The molecule has 1 atom stereocenters. The van der Waals surface area contributed by atoms with Crippen LogP contribution in [0.3, 0.4) is 0 Å². The lowest BCUT2D eigenvalue weighted by Gasteiger charge is -2.08. The Morgan fingerprint density at radius 1 is 1.69 bits per heavy atom. The van der Waals surface area contributed by atoms with Crippen LogP contribution < -0.4 is 11.1 Å². The van der Waals surface area contributed by atoms with Crippen LogP contribution >= 0.6 is 11.3 Å². The molecule has 1 aromatic heterocycles. The molecule has 1 aromatic rings. The van der Waals surface area contributed by atoms with E-state index < -0.39 is 0 Å². The predicted molar refractivity (Wildman–Crippen MR) is 66.2 cm³/mol. The van der Waals surface area contributed by atoms with Crippen molar-refractivity contribution in [3.63, 3.8) is 0 Å². The van der Waals surface area contributed by atoms with Crippen molar-refractivity contribution in [3.05, 3.63) is 16.1 Å². The molecule has 4 nitrogen and oxygen atoms in total. The third kappa shape index (κ3) is 4.28. The number of aryl methyl sites for hydroxylation is 1. The summed E-state index contributed by atoms with van der Waals surface area (Å²) in [7, 11) is 0. The van der Waals surface area contributed by atoms with E-state index >= 15 is 0 Å². The number of carbonyl (C=O) groups is 1. The van der Waals surface area contributed by atoms with E-state index in [1.54, 1.807) is 16.8 Å². The van der Waals surface area contributed by atoms with Gasteiger partial charge in [-0.05, 0) is 25.8 Å². The van der Waals surface area contributed by atoms with Crippen molar-refractivity contribution < 1.29 is 4.79 Å². The van der Waals surface area contributed by atoms with Gasteiger partial charge in [-0.1, -0.05) is 6.92 Å². The number of aromatic nitrogens is 1. The van der Waals surface area contributed by atoms with Crippen molar-refractivity contribution in [2.75, 3.05) is 6.54 Å². The quantitative estimate of drug-likeness (QED) is 0.792. The average molecular weight is 241 g/mol. The summed E-state index contributed by atoms with van der Waals surface area (Å²) in [5.41, 5.74) is 8.29. The Bertz CT molecular complexity index is 338. The van der Waals surface area contributed by atoms with Crippen LogP contribution in [-0.4, -0.2) is 17.4 Å². The zero-order valence-corrected chi connectivity index (χ0v) is 10.6. The van der Waals surface area contributed by atoms with E-state index in [4.69, 9.17) is 5.73 Å². The van der Waals surface area contributed by atoms with Gasteiger partial charge in [-0.25, -0.2) is 4.98 Å². The van der Waals surface area contributed by atoms with E-state index in [0.717, 1.165) is 17.0 Å². The first-order chi connectivity index (χ1) is 7.63. The molecule has 16 heavy (non-hydrogen) atoms. The SMILES string of the molecule is Cc1ncsc1CNC(=O)CCC(C)CN. The summed E-state index contributed by atoms with van der Waals surface area (Å²) in [6, 6.07) is 0. The molecule has 0 saturated carbocycles. The van der Waals surface area contributed by atoms with Crippen LogP contribution in [0.4, 0.5) is 0 Å². The van der Waals surface area contributed by atoms with E-state index in [1.165, 1.54) is 0 Å². The van der Waals surface area contributed by atoms with E-state index in [0.29, 0.717) is 25.4 Å². The monoisotopic (exact) mass is 241 g/mol. The molecule has 90 valence electrons. The maximum absolute atomic E-state index is 11.5. The number of hydrogen-bond acceptors (Lipinski definition) is 4. The minimum atomic E-state index is 0.0908. The second kappa shape index (κ2) is 6.60. The predicted octanol–water partition coefficient (Wildman–Crippen LogP) is 1.44. The topological polar surface area (TPSA) is 68.0 Å². The largest absolute Gasteiger partial charge is 0.351 e. The summed E-state index contributed by atoms with van der Waals surface area (Å²) < 4.78 is 0. The Balaban J connectivity index is 2.23. The Hall–Kier alpha value is -0.940.